The van der Waals surface area contributed by atoms with Gasteiger partial charge in [0.2, 0.25) is 10.0 Å². The van der Waals surface area contributed by atoms with Crippen LogP contribution in [0.3, 0.4) is 0 Å². The number of aryl methyl sites for hydroxylation is 1. The number of rotatable bonds is 4. The van der Waals surface area contributed by atoms with Gasteiger partial charge in [0.25, 0.3) is 0 Å². The van der Waals surface area contributed by atoms with E-state index in [1.165, 1.54) is 0 Å². The van der Waals surface area contributed by atoms with Crippen LogP contribution in [0.4, 0.5) is 0 Å². The summed E-state index contributed by atoms with van der Waals surface area (Å²) < 4.78 is 27.7. The van der Waals surface area contributed by atoms with Crippen LogP contribution in [0, 0.1) is 0 Å². The molecular formula is C15H23NO3S2. The van der Waals surface area contributed by atoms with Crippen LogP contribution in [-0.4, -0.2) is 41.4 Å². The molecule has 0 spiro atoms. The highest BCUT2D eigenvalue weighted by Crippen LogP contribution is 2.31. The Hall–Kier alpha value is -0.560. The lowest BCUT2D eigenvalue weighted by Crippen LogP contribution is -2.48. The highest BCUT2D eigenvalue weighted by atomic mass is 32.2. The molecule has 21 heavy (non-hydrogen) atoms. The van der Waals surface area contributed by atoms with E-state index in [0.29, 0.717) is 28.7 Å². The molecule has 1 aliphatic heterocycles. The Morgan fingerprint density at radius 3 is 2.71 bits per heavy atom. The molecule has 1 aromatic carbocycles. The summed E-state index contributed by atoms with van der Waals surface area (Å²) in [6.45, 7) is 6.39. The number of aliphatic hydroxyl groups is 1. The van der Waals surface area contributed by atoms with Crippen molar-refractivity contribution in [2.45, 2.75) is 50.0 Å². The second-order valence-electron chi connectivity index (χ2n) is 5.39. The molecule has 1 fully saturated rings. The number of thioether (sulfide) groups is 1. The third kappa shape index (κ3) is 3.28. The minimum atomic E-state index is -3.51. The molecule has 6 heteroatoms. The maximum absolute atomic E-state index is 13.0. The van der Waals surface area contributed by atoms with Gasteiger partial charge in [-0.3, -0.25) is 0 Å². The van der Waals surface area contributed by atoms with Crippen LogP contribution in [0.5, 0.6) is 0 Å². The van der Waals surface area contributed by atoms with Gasteiger partial charge in [-0.25, -0.2) is 8.42 Å². The fourth-order valence-electron chi connectivity index (χ4n) is 2.60. The third-order valence-corrected chi connectivity index (χ3v) is 7.51. The summed E-state index contributed by atoms with van der Waals surface area (Å²) in [4.78, 5) is 0.350. The van der Waals surface area contributed by atoms with E-state index in [4.69, 9.17) is 0 Å². The van der Waals surface area contributed by atoms with Gasteiger partial charge in [0.1, 0.15) is 0 Å². The maximum atomic E-state index is 13.0. The van der Waals surface area contributed by atoms with E-state index >= 15 is 0 Å². The van der Waals surface area contributed by atoms with Crippen LogP contribution in [0.15, 0.2) is 23.1 Å². The van der Waals surface area contributed by atoms with Crippen molar-refractivity contribution in [3.8, 4) is 0 Å². The van der Waals surface area contributed by atoms with E-state index in [9.17, 15) is 13.5 Å². The van der Waals surface area contributed by atoms with E-state index in [1.54, 1.807) is 16.4 Å². The van der Waals surface area contributed by atoms with Gasteiger partial charge in [0.05, 0.1) is 11.5 Å². The van der Waals surface area contributed by atoms with Gasteiger partial charge in [-0.15, -0.1) is 0 Å². The van der Waals surface area contributed by atoms with Crippen LogP contribution < -0.4 is 0 Å². The van der Waals surface area contributed by atoms with Crippen LogP contribution in [0.1, 0.15) is 31.9 Å². The Morgan fingerprint density at radius 1 is 1.38 bits per heavy atom. The van der Waals surface area contributed by atoms with Crippen LogP contribution in [0.2, 0.25) is 0 Å². The van der Waals surface area contributed by atoms with Gasteiger partial charge in [0, 0.05) is 23.6 Å². The van der Waals surface area contributed by atoms with Crippen molar-refractivity contribution in [1.82, 2.24) is 4.31 Å². The van der Waals surface area contributed by atoms with Gasteiger partial charge < -0.3 is 5.11 Å². The predicted octanol–water partition coefficient (Wildman–Crippen LogP) is 2.26. The second kappa shape index (κ2) is 6.69. The number of hydrogen-bond donors (Lipinski definition) is 1. The quantitative estimate of drug-likeness (QED) is 0.920. The Labute approximate surface area is 131 Å². The summed E-state index contributed by atoms with van der Waals surface area (Å²) in [5.41, 5.74) is 1.45. The molecule has 1 saturated heterocycles. The molecule has 0 amide bonds. The van der Waals surface area contributed by atoms with Crippen molar-refractivity contribution in [1.29, 1.82) is 0 Å². The Morgan fingerprint density at radius 2 is 2.10 bits per heavy atom. The van der Waals surface area contributed by atoms with Gasteiger partial charge in [-0.1, -0.05) is 26.0 Å². The van der Waals surface area contributed by atoms with Crippen molar-refractivity contribution in [2.75, 3.05) is 12.3 Å². The van der Waals surface area contributed by atoms with Crippen molar-refractivity contribution in [3.63, 3.8) is 0 Å². The lowest BCUT2D eigenvalue weighted by atomic mass is 10.1. The van der Waals surface area contributed by atoms with Gasteiger partial charge in [-0.05, 0) is 30.5 Å². The smallest absolute Gasteiger partial charge is 0.243 e. The van der Waals surface area contributed by atoms with Crippen molar-refractivity contribution < 1.29 is 13.5 Å². The minimum absolute atomic E-state index is 0.0174. The van der Waals surface area contributed by atoms with Crippen LogP contribution >= 0.6 is 11.8 Å². The van der Waals surface area contributed by atoms with E-state index < -0.39 is 10.0 Å². The Balaban J connectivity index is 2.47. The summed E-state index contributed by atoms with van der Waals surface area (Å²) in [5, 5.41) is 9.58. The first-order chi connectivity index (χ1) is 9.91. The lowest BCUT2D eigenvalue weighted by Gasteiger charge is -2.36. The number of aliphatic hydroxyl groups excluding tert-OH is 1. The average molecular weight is 329 g/mol. The van der Waals surface area contributed by atoms with Gasteiger partial charge >= 0.3 is 0 Å². The van der Waals surface area contributed by atoms with Gasteiger partial charge in [0.15, 0.2) is 0 Å². The minimum Gasteiger partial charge on any atom is -0.392 e. The van der Waals surface area contributed by atoms with Crippen LogP contribution in [0.25, 0.3) is 0 Å². The Bertz CT molecular complexity index is 601. The first kappa shape index (κ1) is 16.8. The molecule has 1 heterocycles. The van der Waals surface area contributed by atoms with E-state index in [2.05, 4.69) is 6.92 Å². The number of hydrogen-bond acceptors (Lipinski definition) is 4. The topological polar surface area (TPSA) is 57.6 Å². The Kier molecular flexibility index (Phi) is 5.35. The van der Waals surface area contributed by atoms with Crippen molar-refractivity contribution >= 4 is 21.8 Å². The number of nitrogens with zero attached hydrogens (tertiary/aromatic N) is 1. The predicted molar refractivity (Wildman–Crippen MR) is 87.0 cm³/mol. The molecule has 0 radical (unpaired) electrons. The fraction of sp³-hybridized carbons (Fsp3) is 0.600. The summed E-state index contributed by atoms with van der Waals surface area (Å²) in [7, 11) is -3.51. The molecule has 1 aliphatic rings. The molecule has 1 N–H and O–H groups in total. The van der Waals surface area contributed by atoms with Crippen LogP contribution in [-0.2, 0) is 23.1 Å². The molecule has 0 saturated carbocycles. The van der Waals surface area contributed by atoms with Crippen molar-refractivity contribution in [2.24, 2.45) is 0 Å². The molecule has 2 unspecified atom stereocenters. The first-order valence-corrected chi connectivity index (χ1v) is 9.76. The number of benzene rings is 1. The van der Waals surface area contributed by atoms with Crippen molar-refractivity contribution in [3.05, 3.63) is 29.3 Å². The summed E-state index contributed by atoms with van der Waals surface area (Å²) in [6, 6.07) is 5.20. The zero-order valence-electron chi connectivity index (χ0n) is 12.7. The molecule has 1 aromatic rings. The number of sulfonamides is 1. The third-order valence-electron chi connectivity index (χ3n) is 4.11. The normalized spacial score (nSPS) is 24.2. The zero-order valence-corrected chi connectivity index (χ0v) is 14.4. The molecule has 4 nitrogen and oxygen atoms in total. The second-order valence-corrected chi connectivity index (χ2v) is 8.73. The highest BCUT2D eigenvalue weighted by Gasteiger charge is 2.35. The standard InChI is InChI=1S/C15H23NO3S2/c1-4-14-6-5-13(10-17)9-15(14)21(18,19)16-7-8-20-12(3)11(16)2/h5-6,9,11-12,17H,4,7-8,10H2,1-3H3. The van der Waals surface area contributed by atoms with E-state index in [-0.39, 0.29) is 12.6 Å². The SMILES string of the molecule is CCc1ccc(CO)cc1S(=O)(=O)N1CCSC(C)C1C. The first-order valence-electron chi connectivity index (χ1n) is 7.28. The molecular weight excluding hydrogens is 306 g/mol. The molecule has 2 rings (SSSR count). The maximum Gasteiger partial charge on any atom is 0.243 e. The van der Waals surface area contributed by atoms with Gasteiger partial charge in [-0.2, -0.15) is 16.1 Å². The molecule has 0 bridgehead atoms. The largest absolute Gasteiger partial charge is 0.392 e. The zero-order chi connectivity index (χ0) is 15.6. The molecule has 0 aromatic heterocycles. The monoisotopic (exact) mass is 329 g/mol. The average Bonchev–Trinajstić information content (AvgIpc) is 2.49. The summed E-state index contributed by atoms with van der Waals surface area (Å²) >= 11 is 1.81. The fourth-order valence-corrected chi connectivity index (χ4v) is 5.94. The summed E-state index contributed by atoms with van der Waals surface area (Å²) in [5.74, 6) is 0.825. The van der Waals surface area contributed by atoms with E-state index in [0.717, 1.165) is 11.3 Å². The highest BCUT2D eigenvalue weighted by molar-refractivity contribution is 8.00. The molecule has 118 valence electrons. The molecule has 2 atom stereocenters. The lowest BCUT2D eigenvalue weighted by molar-refractivity contribution is 0.281. The summed E-state index contributed by atoms with van der Waals surface area (Å²) in [6.07, 6.45) is 0.660. The molecule has 0 aliphatic carbocycles. The van der Waals surface area contributed by atoms with E-state index in [1.807, 2.05) is 31.7 Å².